The second-order valence-corrected chi connectivity index (χ2v) is 8.35. The van der Waals surface area contributed by atoms with E-state index in [1.165, 1.54) is 0 Å². The molecule has 1 fully saturated rings. The van der Waals surface area contributed by atoms with Crippen molar-refractivity contribution in [2.24, 2.45) is 5.92 Å². The van der Waals surface area contributed by atoms with Gasteiger partial charge in [0.15, 0.2) is 0 Å². The van der Waals surface area contributed by atoms with Crippen molar-refractivity contribution >= 4 is 22.7 Å². The van der Waals surface area contributed by atoms with Gasteiger partial charge >= 0.3 is 0 Å². The molecule has 1 aliphatic heterocycles. The lowest BCUT2D eigenvalue weighted by Crippen LogP contribution is -2.52. The van der Waals surface area contributed by atoms with E-state index < -0.39 is 6.04 Å². The van der Waals surface area contributed by atoms with E-state index in [4.69, 9.17) is 0 Å². The number of hydrogen-bond acceptors (Lipinski definition) is 3. The highest BCUT2D eigenvalue weighted by Crippen LogP contribution is 2.24. The van der Waals surface area contributed by atoms with Gasteiger partial charge in [0.2, 0.25) is 11.8 Å². The van der Waals surface area contributed by atoms with Crippen molar-refractivity contribution in [3.05, 3.63) is 54.7 Å². The average Bonchev–Trinajstić information content (AvgIpc) is 3.43. The number of carbonyl (C=O) groups excluding carboxylic acids is 2. The summed E-state index contributed by atoms with van der Waals surface area (Å²) in [5, 5.41) is 4.09. The molecule has 2 amide bonds. The van der Waals surface area contributed by atoms with E-state index in [2.05, 4.69) is 19.9 Å². The molecule has 0 saturated carbocycles. The lowest BCUT2D eigenvalue weighted by Gasteiger charge is -2.35. The van der Waals surface area contributed by atoms with Crippen LogP contribution in [0.2, 0.25) is 0 Å². The first-order valence-corrected chi connectivity index (χ1v) is 10.6. The molecular formula is C23H29N5O2. The summed E-state index contributed by atoms with van der Waals surface area (Å²) < 4.78 is 2.12. The zero-order chi connectivity index (χ0) is 21.1. The molecule has 1 unspecified atom stereocenters. The Labute approximate surface area is 176 Å². The fourth-order valence-electron chi connectivity index (χ4n) is 4.15. The van der Waals surface area contributed by atoms with Crippen molar-refractivity contribution in [1.82, 2.24) is 24.8 Å². The number of likely N-dealkylation sites (tertiary alicyclic amines) is 1. The third-order valence-corrected chi connectivity index (χ3v) is 5.96. The van der Waals surface area contributed by atoms with Gasteiger partial charge in [0.25, 0.3) is 0 Å². The molecule has 1 aromatic carbocycles. The standard InChI is InChI=1S/C23H29N5O2/c1-16(2)22(29)26-21(13-17-14-25-20-6-4-3-5-19(17)20)23(30)27-10-7-18(8-11-27)28-12-9-24-15-28/h3-6,9,12,14-16,18,21,25H,7-8,10-11,13H2,1-2H3,(H,26,29). The number of imidazole rings is 1. The Morgan fingerprint density at radius 1 is 1.23 bits per heavy atom. The Morgan fingerprint density at radius 2 is 2.00 bits per heavy atom. The number of rotatable bonds is 6. The summed E-state index contributed by atoms with van der Waals surface area (Å²) in [4.78, 5) is 35.1. The summed E-state index contributed by atoms with van der Waals surface area (Å²) in [6.45, 7) is 5.06. The number of fused-ring (bicyclic) bond motifs is 1. The van der Waals surface area contributed by atoms with Crippen LogP contribution in [0.15, 0.2) is 49.2 Å². The molecule has 0 aliphatic carbocycles. The zero-order valence-corrected chi connectivity index (χ0v) is 17.5. The van der Waals surface area contributed by atoms with E-state index in [9.17, 15) is 9.59 Å². The smallest absolute Gasteiger partial charge is 0.245 e. The zero-order valence-electron chi connectivity index (χ0n) is 17.5. The topological polar surface area (TPSA) is 83.0 Å². The van der Waals surface area contributed by atoms with E-state index in [1.54, 1.807) is 6.20 Å². The average molecular weight is 408 g/mol. The molecule has 0 spiro atoms. The summed E-state index contributed by atoms with van der Waals surface area (Å²) in [5.41, 5.74) is 2.08. The molecule has 0 bridgehead atoms. The lowest BCUT2D eigenvalue weighted by atomic mass is 10.00. The molecular weight excluding hydrogens is 378 g/mol. The molecule has 7 heteroatoms. The minimum absolute atomic E-state index is 0.00152. The van der Waals surface area contributed by atoms with Crippen LogP contribution in [0.3, 0.4) is 0 Å². The van der Waals surface area contributed by atoms with Crippen LogP contribution in [-0.2, 0) is 16.0 Å². The second-order valence-electron chi connectivity index (χ2n) is 8.35. The number of aromatic nitrogens is 3. The second kappa shape index (κ2) is 8.73. The van der Waals surface area contributed by atoms with Gasteiger partial charge in [0.05, 0.1) is 6.33 Å². The van der Waals surface area contributed by atoms with Crippen molar-refractivity contribution in [1.29, 1.82) is 0 Å². The molecule has 3 heterocycles. The van der Waals surface area contributed by atoms with Gasteiger partial charge in [-0.05, 0) is 24.5 Å². The number of piperidine rings is 1. The van der Waals surface area contributed by atoms with Crippen LogP contribution in [0, 0.1) is 5.92 Å². The fraction of sp³-hybridized carbons (Fsp3) is 0.435. The van der Waals surface area contributed by atoms with Crippen molar-refractivity contribution in [3.8, 4) is 0 Å². The Balaban J connectivity index is 1.49. The summed E-state index contributed by atoms with van der Waals surface area (Å²) in [6.07, 6.45) is 9.80. The Hall–Kier alpha value is -3.09. The van der Waals surface area contributed by atoms with Crippen molar-refractivity contribution < 1.29 is 9.59 Å². The normalized spacial score (nSPS) is 16.2. The van der Waals surface area contributed by atoms with E-state index in [0.29, 0.717) is 25.6 Å². The van der Waals surface area contributed by atoms with Gasteiger partial charge in [0, 0.05) is 61.0 Å². The largest absolute Gasteiger partial charge is 0.361 e. The minimum atomic E-state index is -0.566. The van der Waals surface area contributed by atoms with Gasteiger partial charge in [-0.25, -0.2) is 4.98 Å². The monoisotopic (exact) mass is 407 g/mol. The quantitative estimate of drug-likeness (QED) is 0.659. The fourth-order valence-corrected chi connectivity index (χ4v) is 4.15. The van der Waals surface area contributed by atoms with Crippen LogP contribution in [0.5, 0.6) is 0 Å². The third-order valence-electron chi connectivity index (χ3n) is 5.96. The molecule has 1 saturated heterocycles. The van der Waals surface area contributed by atoms with Gasteiger partial charge < -0.3 is 19.8 Å². The number of benzene rings is 1. The van der Waals surface area contributed by atoms with E-state index in [1.807, 2.05) is 61.7 Å². The van der Waals surface area contributed by atoms with Gasteiger partial charge in [-0.15, -0.1) is 0 Å². The SMILES string of the molecule is CC(C)C(=O)NC(Cc1c[nH]c2ccccc12)C(=O)N1CCC(n2ccnc2)CC1. The summed E-state index contributed by atoms with van der Waals surface area (Å²) in [7, 11) is 0. The first kappa shape index (κ1) is 20.2. The van der Waals surface area contributed by atoms with Gasteiger partial charge in [-0.1, -0.05) is 32.0 Å². The predicted molar refractivity (Wildman–Crippen MR) is 116 cm³/mol. The molecule has 30 heavy (non-hydrogen) atoms. The van der Waals surface area contributed by atoms with E-state index >= 15 is 0 Å². The van der Waals surface area contributed by atoms with E-state index in [-0.39, 0.29) is 17.7 Å². The molecule has 158 valence electrons. The van der Waals surface area contributed by atoms with Crippen molar-refractivity contribution in [2.45, 2.75) is 45.2 Å². The number of nitrogens with zero attached hydrogens (tertiary/aromatic N) is 3. The summed E-state index contributed by atoms with van der Waals surface area (Å²) in [6, 6.07) is 7.84. The number of amides is 2. The molecule has 7 nitrogen and oxygen atoms in total. The number of aromatic amines is 1. The van der Waals surface area contributed by atoms with Crippen molar-refractivity contribution in [2.75, 3.05) is 13.1 Å². The van der Waals surface area contributed by atoms with Crippen molar-refractivity contribution in [3.63, 3.8) is 0 Å². The maximum Gasteiger partial charge on any atom is 0.245 e. The molecule has 2 N–H and O–H groups in total. The van der Waals surface area contributed by atoms with Gasteiger partial charge in [-0.3, -0.25) is 9.59 Å². The molecule has 3 aromatic rings. The predicted octanol–water partition coefficient (Wildman–Crippen LogP) is 2.91. The number of H-pyrrole nitrogens is 1. The molecule has 0 radical (unpaired) electrons. The Morgan fingerprint density at radius 3 is 2.70 bits per heavy atom. The maximum absolute atomic E-state index is 13.4. The molecule has 1 atom stereocenters. The van der Waals surface area contributed by atoms with Crippen LogP contribution < -0.4 is 5.32 Å². The number of para-hydroxylation sites is 1. The van der Waals surface area contributed by atoms with E-state index in [0.717, 1.165) is 29.3 Å². The highest BCUT2D eigenvalue weighted by molar-refractivity contribution is 5.90. The van der Waals surface area contributed by atoms with Crippen LogP contribution >= 0.6 is 0 Å². The molecule has 2 aromatic heterocycles. The number of carbonyl (C=O) groups is 2. The summed E-state index contributed by atoms with van der Waals surface area (Å²) in [5.74, 6) is -0.268. The Bertz CT molecular complexity index is 1000. The highest BCUT2D eigenvalue weighted by Gasteiger charge is 2.30. The first-order chi connectivity index (χ1) is 14.5. The first-order valence-electron chi connectivity index (χ1n) is 10.6. The van der Waals surface area contributed by atoms with Gasteiger partial charge in [0.1, 0.15) is 6.04 Å². The number of hydrogen-bond donors (Lipinski definition) is 2. The maximum atomic E-state index is 13.4. The van der Waals surface area contributed by atoms with Crippen LogP contribution in [0.25, 0.3) is 10.9 Å². The van der Waals surface area contributed by atoms with Crippen LogP contribution in [0.1, 0.15) is 38.3 Å². The Kier molecular flexibility index (Phi) is 5.88. The van der Waals surface area contributed by atoms with Crippen LogP contribution in [0.4, 0.5) is 0 Å². The third kappa shape index (κ3) is 4.25. The lowest BCUT2D eigenvalue weighted by molar-refractivity contribution is -0.138. The summed E-state index contributed by atoms with van der Waals surface area (Å²) >= 11 is 0. The minimum Gasteiger partial charge on any atom is -0.361 e. The van der Waals surface area contributed by atoms with Gasteiger partial charge in [-0.2, -0.15) is 0 Å². The number of nitrogens with one attached hydrogen (secondary N) is 2. The highest BCUT2D eigenvalue weighted by atomic mass is 16.2. The van der Waals surface area contributed by atoms with Crippen LogP contribution in [-0.4, -0.2) is 50.4 Å². The molecule has 1 aliphatic rings. The molecule has 4 rings (SSSR count).